The van der Waals surface area contributed by atoms with Crippen molar-refractivity contribution in [2.45, 2.75) is 26.4 Å². The first-order valence-electron chi connectivity index (χ1n) is 5.79. The smallest absolute Gasteiger partial charge is 0.303 e. The number of fused-ring (bicyclic) bond motifs is 1. The van der Waals surface area contributed by atoms with Crippen molar-refractivity contribution in [2.24, 2.45) is 0 Å². The van der Waals surface area contributed by atoms with Crippen LogP contribution in [0.3, 0.4) is 0 Å². The number of ether oxygens (including phenoxy) is 1. The molecule has 2 aromatic rings. The fraction of sp³-hybridized carbons (Fsp3) is 0.267. The Morgan fingerprint density at radius 2 is 1.72 bits per heavy atom. The average Bonchev–Trinajstić information content (AvgIpc) is 2.27. The summed E-state index contributed by atoms with van der Waals surface area (Å²) in [4.78, 5) is 11.1. The van der Waals surface area contributed by atoms with Crippen LogP contribution in [0.2, 0.25) is 0 Å². The summed E-state index contributed by atoms with van der Waals surface area (Å²) in [5, 5.41) is 1.30. The van der Waals surface area contributed by atoms with E-state index in [1.54, 1.807) is 32.0 Å². The number of benzene rings is 2. The molecule has 0 spiro atoms. The minimum absolute atomic E-state index is 0.270. The Bertz CT molecular complexity index is 602. The van der Waals surface area contributed by atoms with Gasteiger partial charge < -0.3 is 4.74 Å². The molecule has 0 bridgehead atoms. The average molecular weight is 246 g/mol. The van der Waals surface area contributed by atoms with Crippen LogP contribution in [0.4, 0.5) is 4.39 Å². The van der Waals surface area contributed by atoms with Crippen LogP contribution in [0.5, 0.6) is 0 Å². The van der Waals surface area contributed by atoms with E-state index in [-0.39, 0.29) is 11.8 Å². The van der Waals surface area contributed by atoms with Crippen LogP contribution in [0, 0.1) is 5.82 Å². The molecule has 2 nitrogen and oxygen atoms in total. The van der Waals surface area contributed by atoms with Gasteiger partial charge in [0.1, 0.15) is 11.4 Å². The number of esters is 1. The quantitative estimate of drug-likeness (QED) is 0.754. The Kier molecular flexibility index (Phi) is 3.07. The molecule has 2 rings (SSSR count). The van der Waals surface area contributed by atoms with Crippen LogP contribution in [-0.4, -0.2) is 5.97 Å². The molecule has 0 fully saturated rings. The van der Waals surface area contributed by atoms with Gasteiger partial charge in [0.05, 0.1) is 0 Å². The first kappa shape index (κ1) is 12.6. The van der Waals surface area contributed by atoms with Gasteiger partial charge in [0.15, 0.2) is 0 Å². The molecule has 0 N–H and O–H groups in total. The molecule has 0 radical (unpaired) electrons. The van der Waals surface area contributed by atoms with E-state index in [4.69, 9.17) is 4.74 Å². The van der Waals surface area contributed by atoms with Crippen molar-refractivity contribution >= 4 is 16.7 Å². The van der Waals surface area contributed by atoms with Gasteiger partial charge in [0, 0.05) is 17.9 Å². The lowest BCUT2D eigenvalue weighted by atomic mass is 9.92. The van der Waals surface area contributed by atoms with E-state index in [1.165, 1.54) is 13.0 Å². The first-order chi connectivity index (χ1) is 8.42. The lowest BCUT2D eigenvalue weighted by Crippen LogP contribution is -2.24. The van der Waals surface area contributed by atoms with Crippen LogP contribution in [0.15, 0.2) is 36.4 Å². The van der Waals surface area contributed by atoms with Gasteiger partial charge in [-0.05, 0) is 25.3 Å². The fourth-order valence-corrected chi connectivity index (χ4v) is 2.20. The van der Waals surface area contributed by atoms with Gasteiger partial charge in [-0.2, -0.15) is 0 Å². The number of carbonyl (C=O) groups is 1. The van der Waals surface area contributed by atoms with Gasteiger partial charge in [0.25, 0.3) is 0 Å². The predicted octanol–water partition coefficient (Wildman–Crippen LogP) is 3.78. The summed E-state index contributed by atoms with van der Waals surface area (Å²) in [6.45, 7) is 4.97. The maximum absolute atomic E-state index is 13.7. The number of hydrogen-bond acceptors (Lipinski definition) is 2. The van der Waals surface area contributed by atoms with Crippen molar-refractivity contribution in [2.75, 3.05) is 0 Å². The lowest BCUT2D eigenvalue weighted by Gasteiger charge is -2.26. The number of hydrogen-bond donors (Lipinski definition) is 0. The third-order valence-electron chi connectivity index (χ3n) is 2.92. The summed E-state index contributed by atoms with van der Waals surface area (Å²) in [7, 11) is 0. The highest BCUT2D eigenvalue weighted by Crippen LogP contribution is 2.32. The number of halogens is 1. The first-order valence-corrected chi connectivity index (χ1v) is 5.79. The second-order valence-electron chi connectivity index (χ2n) is 4.74. The standard InChI is InChI=1S/C15H15FO2/c1-10(17)18-15(2,3)13-8-9-14(16)12-7-5-4-6-11(12)13/h4-9H,1-3H3. The van der Waals surface area contributed by atoms with Crippen molar-refractivity contribution in [3.05, 3.63) is 47.8 Å². The van der Waals surface area contributed by atoms with E-state index in [2.05, 4.69) is 0 Å². The van der Waals surface area contributed by atoms with Crippen molar-refractivity contribution in [3.8, 4) is 0 Å². The molecule has 0 aliphatic rings. The molecule has 0 unspecified atom stereocenters. The number of rotatable bonds is 2. The minimum Gasteiger partial charge on any atom is -0.455 e. The molecule has 0 amide bonds. The zero-order valence-electron chi connectivity index (χ0n) is 10.7. The molecule has 2 aromatic carbocycles. The Balaban J connectivity index is 2.65. The molecule has 0 atom stereocenters. The monoisotopic (exact) mass is 246 g/mol. The van der Waals surface area contributed by atoms with Crippen LogP contribution >= 0.6 is 0 Å². The summed E-state index contributed by atoms with van der Waals surface area (Å²) < 4.78 is 19.0. The van der Waals surface area contributed by atoms with Gasteiger partial charge >= 0.3 is 5.97 Å². The second-order valence-corrected chi connectivity index (χ2v) is 4.74. The van der Waals surface area contributed by atoms with E-state index >= 15 is 0 Å². The maximum Gasteiger partial charge on any atom is 0.303 e. The van der Waals surface area contributed by atoms with Crippen molar-refractivity contribution in [1.82, 2.24) is 0 Å². The van der Waals surface area contributed by atoms with Crippen LogP contribution in [0.25, 0.3) is 10.8 Å². The molecular formula is C15H15FO2. The van der Waals surface area contributed by atoms with Crippen molar-refractivity contribution in [3.63, 3.8) is 0 Å². The Hall–Kier alpha value is -1.90. The highest BCUT2D eigenvalue weighted by atomic mass is 19.1. The molecule has 3 heteroatoms. The van der Waals surface area contributed by atoms with Gasteiger partial charge in [-0.1, -0.05) is 30.3 Å². The molecule has 0 saturated heterocycles. The Morgan fingerprint density at radius 1 is 1.11 bits per heavy atom. The minimum atomic E-state index is -0.779. The highest BCUT2D eigenvalue weighted by Gasteiger charge is 2.26. The molecular weight excluding hydrogens is 231 g/mol. The molecule has 0 heterocycles. The summed E-state index contributed by atoms with van der Waals surface area (Å²) >= 11 is 0. The maximum atomic E-state index is 13.7. The molecule has 18 heavy (non-hydrogen) atoms. The molecule has 0 aromatic heterocycles. The predicted molar refractivity (Wildman–Crippen MR) is 68.7 cm³/mol. The third kappa shape index (κ3) is 2.21. The number of carbonyl (C=O) groups excluding carboxylic acids is 1. The van der Waals surface area contributed by atoms with Gasteiger partial charge in [-0.25, -0.2) is 4.39 Å². The van der Waals surface area contributed by atoms with Gasteiger partial charge in [-0.3, -0.25) is 4.79 Å². The summed E-state index contributed by atoms with van der Waals surface area (Å²) in [5.74, 6) is -0.624. The van der Waals surface area contributed by atoms with Gasteiger partial charge in [-0.15, -0.1) is 0 Å². The SMILES string of the molecule is CC(=O)OC(C)(C)c1ccc(F)c2ccccc12. The normalized spacial score (nSPS) is 11.6. The largest absolute Gasteiger partial charge is 0.455 e. The molecule has 94 valence electrons. The Morgan fingerprint density at radius 3 is 2.33 bits per heavy atom. The zero-order valence-corrected chi connectivity index (χ0v) is 10.7. The van der Waals surface area contributed by atoms with Crippen LogP contribution in [0.1, 0.15) is 26.3 Å². The topological polar surface area (TPSA) is 26.3 Å². The van der Waals surface area contributed by atoms with E-state index in [9.17, 15) is 9.18 Å². The zero-order chi connectivity index (χ0) is 13.3. The van der Waals surface area contributed by atoms with E-state index < -0.39 is 5.60 Å². The molecule has 0 aliphatic heterocycles. The van der Waals surface area contributed by atoms with Gasteiger partial charge in [0.2, 0.25) is 0 Å². The molecule has 0 saturated carbocycles. The van der Waals surface area contributed by atoms with E-state index in [1.807, 2.05) is 12.1 Å². The Labute approximate surface area is 105 Å². The van der Waals surface area contributed by atoms with E-state index in [0.717, 1.165) is 10.9 Å². The third-order valence-corrected chi connectivity index (χ3v) is 2.92. The highest BCUT2D eigenvalue weighted by molar-refractivity contribution is 5.87. The summed E-state index contributed by atoms with van der Waals surface area (Å²) in [6.07, 6.45) is 0. The lowest BCUT2D eigenvalue weighted by molar-refractivity contribution is -0.154. The van der Waals surface area contributed by atoms with Crippen LogP contribution in [-0.2, 0) is 15.1 Å². The van der Waals surface area contributed by atoms with Crippen molar-refractivity contribution in [1.29, 1.82) is 0 Å². The summed E-state index contributed by atoms with van der Waals surface area (Å²) in [6, 6.07) is 10.3. The van der Waals surface area contributed by atoms with Crippen molar-refractivity contribution < 1.29 is 13.9 Å². The summed E-state index contributed by atoms with van der Waals surface area (Å²) in [5.41, 5.74) is 0.0220. The molecule has 0 aliphatic carbocycles. The van der Waals surface area contributed by atoms with E-state index in [0.29, 0.717) is 5.39 Å². The second kappa shape index (κ2) is 4.41. The van der Waals surface area contributed by atoms with Crippen LogP contribution < -0.4 is 0 Å². The fourth-order valence-electron chi connectivity index (χ4n) is 2.20.